The lowest BCUT2D eigenvalue weighted by atomic mass is 10.0. The molecule has 0 aromatic carbocycles. The molecule has 0 unspecified atom stereocenters. The van der Waals surface area contributed by atoms with E-state index in [9.17, 15) is 4.79 Å². The second-order valence-corrected chi connectivity index (χ2v) is 2.77. The Labute approximate surface area is 62.8 Å². The van der Waals surface area contributed by atoms with Crippen molar-refractivity contribution in [2.24, 2.45) is 0 Å². The number of rotatable bonds is 2. The summed E-state index contributed by atoms with van der Waals surface area (Å²) in [4.78, 5) is 10.7. The van der Waals surface area contributed by atoms with E-state index in [1.807, 2.05) is 0 Å². The third-order valence-electron chi connectivity index (χ3n) is 2.09. The van der Waals surface area contributed by atoms with Crippen molar-refractivity contribution >= 4 is 5.97 Å². The predicted molar refractivity (Wildman–Crippen MR) is 35.1 cm³/mol. The summed E-state index contributed by atoms with van der Waals surface area (Å²) in [6, 6.07) is 1.61. The van der Waals surface area contributed by atoms with Gasteiger partial charge in [0.1, 0.15) is 17.4 Å². The molecular formula is C7H7NO3. The van der Waals surface area contributed by atoms with Crippen molar-refractivity contribution in [2.75, 3.05) is 0 Å². The standard InChI is InChI=1S/C7H7NO3/c9-6(10)7(2-3-7)5-1-4-11-8-5/h1,4H,2-3H2,(H,9,10). The number of aliphatic carboxylic acids is 1. The van der Waals surface area contributed by atoms with E-state index in [0.29, 0.717) is 18.5 Å². The summed E-state index contributed by atoms with van der Waals surface area (Å²) < 4.78 is 4.58. The molecule has 11 heavy (non-hydrogen) atoms. The van der Waals surface area contributed by atoms with Crippen molar-refractivity contribution in [1.29, 1.82) is 0 Å². The summed E-state index contributed by atoms with van der Waals surface area (Å²) in [5.74, 6) is -0.800. The van der Waals surface area contributed by atoms with E-state index < -0.39 is 11.4 Å². The third-order valence-corrected chi connectivity index (χ3v) is 2.09. The Morgan fingerprint density at radius 2 is 2.45 bits per heavy atom. The predicted octanol–water partition coefficient (Wildman–Crippen LogP) is 0.791. The molecule has 1 N–H and O–H groups in total. The topological polar surface area (TPSA) is 63.3 Å². The highest BCUT2D eigenvalue weighted by Crippen LogP contribution is 2.47. The lowest BCUT2D eigenvalue weighted by molar-refractivity contribution is -0.140. The van der Waals surface area contributed by atoms with Crippen LogP contribution in [-0.2, 0) is 10.2 Å². The molecule has 0 spiro atoms. The first-order chi connectivity index (χ1) is 5.26. The van der Waals surface area contributed by atoms with Crippen LogP contribution in [0.2, 0.25) is 0 Å². The molecule has 0 aliphatic heterocycles. The maximum Gasteiger partial charge on any atom is 0.315 e. The molecule has 1 aliphatic rings. The molecule has 0 saturated heterocycles. The Morgan fingerprint density at radius 1 is 1.73 bits per heavy atom. The van der Waals surface area contributed by atoms with Gasteiger partial charge in [-0.1, -0.05) is 5.16 Å². The first-order valence-electron chi connectivity index (χ1n) is 3.40. The average Bonchev–Trinajstić information content (AvgIpc) is 2.61. The van der Waals surface area contributed by atoms with Gasteiger partial charge in [-0.15, -0.1) is 0 Å². The van der Waals surface area contributed by atoms with Gasteiger partial charge in [0, 0.05) is 6.07 Å². The molecule has 1 saturated carbocycles. The molecule has 0 bridgehead atoms. The second-order valence-electron chi connectivity index (χ2n) is 2.77. The zero-order valence-corrected chi connectivity index (χ0v) is 5.78. The molecule has 0 radical (unpaired) electrons. The molecule has 1 aliphatic carbocycles. The van der Waals surface area contributed by atoms with Gasteiger partial charge in [-0.05, 0) is 12.8 Å². The van der Waals surface area contributed by atoms with Gasteiger partial charge in [0.25, 0.3) is 0 Å². The number of carbonyl (C=O) groups is 1. The lowest BCUT2D eigenvalue weighted by Crippen LogP contribution is -2.19. The van der Waals surface area contributed by atoms with Gasteiger partial charge in [-0.25, -0.2) is 0 Å². The number of nitrogens with zero attached hydrogens (tertiary/aromatic N) is 1. The normalized spacial score (nSPS) is 19.6. The van der Waals surface area contributed by atoms with Gasteiger partial charge >= 0.3 is 5.97 Å². The molecule has 1 aromatic rings. The summed E-state index contributed by atoms with van der Waals surface area (Å²) in [7, 11) is 0. The Hall–Kier alpha value is -1.32. The zero-order valence-electron chi connectivity index (χ0n) is 5.78. The van der Waals surface area contributed by atoms with Crippen molar-refractivity contribution < 1.29 is 14.4 Å². The molecule has 1 fully saturated rings. The van der Waals surface area contributed by atoms with Crippen molar-refractivity contribution in [1.82, 2.24) is 5.16 Å². The largest absolute Gasteiger partial charge is 0.481 e. The van der Waals surface area contributed by atoms with E-state index in [0.717, 1.165) is 0 Å². The number of hydrogen-bond acceptors (Lipinski definition) is 3. The van der Waals surface area contributed by atoms with E-state index in [2.05, 4.69) is 9.68 Å². The smallest absolute Gasteiger partial charge is 0.315 e. The van der Waals surface area contributed by atoms with Crippen LogP contribution in [0.5, 0.6) is 0 Å². The number of carboxylic acid groups (broad SMARTS) is 1. The molecule has 4 nitrogen and oxygen atoms in total. The number of aromatic nitrogens is 1. The summed E-state index contributed by atoms with van der Waals surface area (Å²) in [5.41, 5.74) is -0.169. The minimum atomic E-state index is -0.800. The number of carboxylic acids is 1. The van der Waals surface area contributed by atoms with Crippen LogP contribution in [0, 0.1) is 0 Å². The quantitative estimate of drug-likeness (QED) is 0.682. The molecule has 0 amide bonds. The molecule has 58 valence electrons. The van der Waals surface area contributed by atoms with Crippen LogP contribution < -0.4 is 0 Å². The molecule has 0 atom stereocenters. The van der Waals surface area contributed by atoms with Crippen LogP contribution in [0.15, 0.2) is 16.9 Å². The summed E-state index contributed by atoms with van der Waals surface area (Å²) >= 11 is 0. The fraction of sp³-hybridized carbons (Fsp3) is 0.429. The average molecular weight is 153 g/mol. The summed E-state index contributed by atoms with van der Waals surface area (Å²) in [5, 5.41) is 12.4. The number of hydrogen-bond donors (Lipinski definition) is 1. The minimum Gasteiger partial charge on any atom is -0.481 e. The Bertz CT molecular complexity index is 274. The molecule has 4 heteroatoms. The highest BCUT2D eigenvalue weighted by molar-refractivity contribution is 5.84. The molecule has 1 heterocycles. The van der Waals surface area contributed by atoms with E-state index >= 15 is 0 Å². The minimum absolute atomic E-state index is 0.546. The molecule has 1 aromatic heterocycles. The van der Waals surface area contributed by atoms with Gasteiger partial charge in [-0.3, -0.25) is 4.79 Å². The van der Waals surface area contributed by atoms with E-state index in [1.54, 1.807) is 6.07 Å². The maximum absolute atomic E-state index is 10.7. The lowest BCUT2D eigenvalue weighted by Gasteiger charge is -2.02. The fourth-order valence-electron chi connectivity index (χ4n) is 1.16. The van der Waals surface area contributed by atoms with E-state index in [4.69, 9.17) is 5.11 Å². The van der Waals surface area contributed by atoms with Crippen molar-refractivity contribution in [2.45, 2.75) is 18.3 Å². The van der Waals surface area contributed by atoms with Crippen LogP contribution in [0.3, 0.4) is 0 Å². The first-order valence-corrected chi connectivity index (χ1v) is 3.40. The van der Waals surface area contributed by atoms with Gasteiger partial charge in [0.2, 0.25) is 0 Å². The van der Waals surface area contributed by atoms with Gasteiger partial charge < -0.3 is 9.63 Å². The monoisotopic (exact) mass is 153 g/mol. The van der Waals surface area contributed by atoms with Crippen LogP contribution in [0.1, 0.15) is 18.5 Å². The highest BCUT2D eigenvalue weighted by Gasteiger charge is 2.53. The maximum atomic E-state index is 10.7. The second kappa shape index (κ2) is 1.84. The third kappa shape index (κ3) is 0.753. The van der Waals surface area contributed by atoms with E-state index in [-0.39, 0.29) is 0 Å². The van der Waals surface area contributed by atoms with Gasteiger partial charge in [0.05, 0.1) is 0 Å². The van der Waals surface area contributed by atoms with Crippen molar-refractivity contribution in [3.63, 3.8) is 0 Å². The molecular weight excluding hydrogens is 146 g/mol. The SMILES string of the molecule is O=C(O)C1(c2ccon2)CC1. The van der Waals surface area contributed by atoms with Crippen molar-refractivity contribution in [3.05, 3.63) is 18.0 Å². The van der Waals surface area contributed by atoms with Crippen LogP contribution in [0.25, 0.3) is 0 Å². The summed E-state index contributed by atoms with van der Waals surface area (Å²) in [6.07, 6.45) is 2.75. The fourth-order valence-corrected chi connectivity index (χ4v) is 1.16. The van der Waals surface area contributed by atoms with Crippen LogP contribution in [0.4, 0.5) is 0 Å². The van der Waals surface area contributed by atoms with Gasteiger partial charge in [0.15, 0.2) is 0 Å². The van der Waals surface area contributed by atoms with Crippen LogP contribution >= 0.6 is 0 Å². The Morgan fingerprint density at radius 3 is 2.82 bits per heavy atom. The van der Waals surface area contributed by atoms with Crippen LogP contribution in [-0.4, -0.2) is 16.2 Å². The van der Waals surface area contributed by atoms with Crippen molar-refractivity contribution in [3.8, 4) is 0 Å². The Kier molecular flexibility index (Phi) is 1.07. The first kappa shape index (κ1) is 6.39. The van der Waals surface area contributed by atoms with E-state index in [1.165, 1.54) is 6.26 Å². The Balaban J connectivity index is 2.36. The van der Waals surface area contributed by atoms with Gasteiger partial charge in [-0.2, -0.15) is 0 Å². The zero-order chi connectivity index (χ0) is 7.90. The summed E-state index contributed by atoms with van der Waals surface area (Å²) in [6.45, 7) is 0. The molecule has 2 rings (SSSR count). The highest BCUT2D eigenvalue weighted by atomic mass is 16.5.